The van der Waals surface area contributed by atoms with E-state index < -0.39 is 24.2 Å². The van der Waals surface area contributed by atoms with E-state index in [1.54, 1.807) is 0 Å². The summed E-state index contributed by atoms with van der Waals surface area (Å²) in [5.74, 6) is -4.54. The summed E-state index contributed by atoms with van der Waals surface area (Å²) in [5, 5.41) is 0. The van der Waals surface area contributed by atoms with Crippen LogP contribution in [0.5, 0.6) is 0 Å². The molecule has 0 N–H and O–H groups in total. The maximum atomic E-state index is 12.4. The molecule has 0 saturated carbocycles. The molecule has 104 valence electrons. The van der Waals surface area contributed by atoms with Gasteiger partial charge in [0.25, 0.3) is 0 Å². The second-order valence-electron chi connectivity index (χ2n) is 4.23. The van der Waals surface area contributed by atoms with Crippen molar-refractivity contribution >= 4 is 0 Å². The Hall–Kier alpha value is -0.420. The molecule has 0 aromatic heterocycles. The van der Waals surface area contributed by atoms with E-state index in [4.69, 9.17) is 0 Å². The Bertz CT molecular complexity index is 191. The van der Waals surface area contributed by atoms with E-state index in [0.29, 0.717) is 12.8 Å². The fraction of sp³-hybridized carbons (Fsp3) is 1.00. The van der Waals surface area contributed by atoms with E-state index in [1.807, 2.05) is 6.92 Å². The van der Waals surface area contributed by atoms with Crippen LogP contribution in [0.15, 0.2) is 0 Å². The second-order valence-corrected chi connectivity index (χ2v) is 4.23. The first-order valence-electron chi connectivity index (χ1n) is 5.78. The molecule has 17 heavy (non-hydrogen) atoms. The third kappa shape index (κ3) is 5.64. The fourth-order valence-electron chi connectivity index (χ4n) is 1.98. The molecule has 0 saturated heterocycles. The van der Waals surface area contributed by atoms with Crippen LogP contribution in [-0.4, -0.2) is 12.4 Å². The first kappa shape index (κ1) is 16.6. The van der Waals surface area contributed by atoms with Crippen molar-refractivity contribution in [2.75, 3.05) is 0 Å². The number of unbranched alkanes of at least 4 members (excludes halogenated alkanes) is 2. The van der Waals surface area contributed by atoms with E-state index in [1.165, 1.54) is 6.92 Å². The predicted molar refractivity (Wildman–Crippen MR) is 53.5 cm³/mol. The van der Waals surface area contributed by atoms with Gasteiger partial charge in [0.1, 0.15) is 0 Å². The van der Waals surface area contributed by atoms with Gasteiger partial charge in [-0.15, -0.1) is 0 Å². The van der Waals surface area contributed by atoms with Gasteiger partial charge < -0.3 is 0 Å². The normalized spacial score (nSPS) is 15.4. The molecule has 0 fully saturated rings. The minimum atomic E-state index is -5.20. The summed E-state index contributed by atoms with van der Waals surface area (Å²) in [6, 6.07) is 0. The molecule has 0 radical (unpaired) electrons. The smallest absolute Gasteiger partial charge is 0.170 e. The molecule has 0 aliphatic heterocycles. The molecule has 0 nitrogen and oxygen atoms in total. The third-order valence-corrected chi connectivity index (χ3v) is 2.88. The Morgan fingerprint density at radius 2 is 1.29 bits per heavy atom. The summed E-state index contributed by atoms with van der Waals surface area (Å²) in [4.78, 5) is 0. The van der Waals surface area contributed by atoms with Crippen molar-refractivity contribution in [2.24, 2.45) is 11.8 Å². The van der Waals surface area contributed by atoms with Gasteiger partial charge >= 0.3 is 12.4 Å². The zero-order chi connectivity index (χ0) is 13.7. The second kappa shape index (κ2) is 6.50. The number of hydrogen-bond acceptors (Lipinski definition) is 0. The highest BCUT2D eigenvalue weighted by atomic mass is 19.4. The van der Waals surface area contributed by atoms with Crippen LogP contribution >= 0.6 is 0 Å². The summed E-state index contributed by atoms with van der Waals surface area (Å²) in [7, 11) is 0. The minimum Gasteiger partial charge on any atom is -0.170 e. The van der Waals surface area contributed by atoms with Crippen LogP contribution in [0.25, 0.3) is 0 Å². The predicted octanol–water partition coefficient (Wildman–Crippen LogP) is 5.33. The molecule has 0 aromatic rings. The van der Waals surface area contributed by atoms with Crippen molar-refractivity contribution in [1.29, 1.82) is 0 Å². The van der Waals surface area contributed by atoms with Gasteiger partial charge in [0.2, 0.25) is 0 Å². The van der Waals surface area contributed by atoms with E-state index in [0.717, 1.165) is 6.42 Å². The molecule has 0 spiro atoms. The van der Waals surface area contributed by atoms with Crippen LogP contribution in [0.3, 0.4) is 0 Å². The monoisotopic (exact) mass is 264 g/mol. The van der Waals surface area contributed by atoms with Gasteiger partial charge in [-0.3, -0.25) is 0 Å². The average molecular weight is 264 g/mol. The molecule has 0 aliphatic carbocycles. The molecule has 0 aliphatic rings. The number of halogens is 6. The van der Waals surface area contributed by atoms with Crippen molar-refractivity contribution in [1.82, 2.24) is 0 Å². The van der Waals surface area contributed by atoms with Crippen molar-refractivity contribution in [3.8, 4) is 0 Å². The van der Waals surface area contributed by atoms with Gasteiger partial charge in [0, 0.05) is 0 Å². The van der Waals surface area contributed by atoms with Crippen LogP contribution in [-0.2, 0) is 0 Å². The minimum absolute atomic E-state index is 0.0198. The lowest BCUT2D eigenvalue weighted by Gasteiger charge is -2.30. The van der Waals surface area contributed by atoms with Crippen LogP contribution in [0.1, 0.15) is 46.0 Å². The number of hydrogen-bond donors (Lipinski definition) is 0. The Balaban J connectivity index is 4.75. The molecule has 1 atom stereocenters. The Labute approximate surface area is 97.4 Å². The zero-order valence-electron chi connectivity index (χ0n) is 9.96. The Morgan fingerprint density at radius 3 is 1.59 bits per heavy atom. The van der Waals surface area contributed by atoms with Crippen LogP contribution in [0.2, 0.25) is 0 Å². The first-order chi connectivity index (χ1) is 7.64. The fourth-order valence-corrected chi connectivity index (χ4v) is 1.98. The van der Waals surface area contributed by atoms with E-state index in [9.17, 15) is 26.3 Å². The highest BCUT2D eigenvalue weighted by molar-refractivity contribution is 4.81. The van der Waals surface area contributed by atoms with Crippen molar-refractivity contribution < 1.29 is 26.3 Å². The van der Waals surface area contributed by atoms with Crippen LogP contribution in [0, 0.1) is 11.8 Å². The summed E-state index contributed by atoms with van der Waals surface area (Å²) in [5.41, 5.74) is 0. The van der Waals surface area contributed by atoms with Gasteiger partial charge in [-0.1, -0.05) is 39.5 Å². The van der Waals surface area contributed by atoms with Gasteiger partial charge in [-0.2, -0.15) is 26.3 Å². The van der Waals surface area contributed by atoms with Crippen molar-refractivity contribution in [2.45, 2.75) is 58.3 Å². The van der Waals surface area contributed by atoms with E-state index in [2.05, 4.69) is 0 Å². The SMILES string of the molecule is CCCCCC(CC)C(C(F)(F)F)C(F)(F)F. The zero-order valence-corrected chi connectivity index (χ0v) is 9.96. The van der Waals surface area contributed by atoms with Crippen molar-refractivity contribution in [3.63, 3.8) is 0 Å². The van der Waals surface area contributed by atoms with Crippen LogP contribution in [0.4, 0.5) is 26.3 Å². The van der Waals surface area contributed by atoms with Crippen molar-refractivity contribution in [3.05, 3.63) is 0 Å². The van der Waals surface area contributed by atoms with Gasteiger partial charge in [-0.05, 0) is 12.3 Å². The topological polar surface area (TPSA) is 0 Å². The average Bonchev–Trinajstić information content (AvgIpc) is 2.12. The largest absolute Gasteiger partial charge is 0.400 e. The number of alkyl halides is 6. The molecular weight excluding hydrogens is 246 g/mol. The molecule has 1 unspecified atom stereocenters. The molecule has 0 aromatic carbocycles. The lowest BCUT2D eigenvalue weighted by molar-refractivity contribution is -0.299. The number of rotatable bonds is 6. The molecule has 0 rings (SSSR count). The molecular formula is C11H18F6. The summed E-state index contributed by atoms with van der Waals surface area (Å²) in [6.07, 6.45) is -8.67. The summed E-state index contributed by atoms with van der Waals surface area (Å²) in [6.45, 7) is 3.23. The van der Waals surface area contributed by atoms with Crippen LogP contribution < -0.4 is 0 Å². The molecule has 0 heterocycles. The highest BCUT2D eigenvalue weighted by Gasteiger charge is 2.59. The summed E-state index contributed by atoms with van der Waals surface area (Å²) >= 11 is 0. The first-order valence-corrected chi connectivity index (χ1v) is 5.78. The third-order valence-electron chi connectivity index (χ3n) is 2.88. The Kier molecular flexibility index (Phi) is 6.34. The highest BCUT2D eigenvalue weighted by Crippen LogP contribution is 2.46. The molecule has 0 bridgehead atoms. The van der Waals surface area contributed by atoms with Gasteiger partial charge in [0.05, 0.1) is 0 Å². The molecule has 6 heteroatoms. The van der Waals surface area contributed by atoms with E-state index in [-0.39, 0.29) is 12.8 Å². The van der Waals surface area contributed by atoms with E-state index >= 15 is 0 Å². The quantitative estimate of drug-likeness (QED) is 0.449. The standard InChI is InChI=1S/C11H18F6/c1-3-5-6-7-8(4-2)9(10(12,13)14)11(15,16)17/h8-9H,3-7H2,1-2H3. The Morgan fingerprint density at radius 1 is 0.824 bits per heavy atom. The van der Waals surface area contributed by atoms with Gasteiger partial charge in [0.15, 0.2) is 5.92 Å². The summed E-state index contributed by atoms with van der Waals surface area (Å²) < 4.78 is 74.7. The maximum absolute atomic E-state index is 12.4. The van der Waals surface area contributed by atoms with Gasteiger partial charge in [-0.25, -0.2) is 0 Å². The lowest BCUT2D eigenvalue weighted by atomic mass is 9.84. The maximum Gasteiger partial charge on any atom is 0.400 e. The lowest BCUT2D eigenvalue weighted by Crippen LogP contribution is -2.41. The molecule has 0 amide bonds.